The lowest BCUT2D eigenvalue weighted by Gasteiger charge is -2.01. The van der Waals surface area contributed by atoms with Gasteiger partial charge in [-0.1, -0.05) is 0 Å². The van der Waals surface area contributed by atoms with Crippen LogP contribution in [0.2, 0.25) is 0 Å². The molecule has 0 spiro atoms. The van der Waals surface area contributed by atoms with Crippen molar-refractivity contribution in [3.63, 3.8) is 0 Å². The average Bonchev–Trinajstić information content (AvgIpc) is 2.08. The molecule has 0 rings (SSSR count). The number of hydrogen-bond acceptors (Lipinski definition) is 5. The predicted octanol–water partition coefficient (Wildman–Crippen LogP) is 0.329. The van der Waals surface area contributed by atoms with Gasteiger partial charge < -0.3 is 21.1 Å². The maximum absolute atomic E-state index is 10.8. The SMILES string of the molecule is N.O=C(O)CCCCC(=O)OCCO. The molecule has 5 N–H and O–H groups in total. The summed E-state index contributed by atoms with van der Waals surface area (Å²) >= 11 is 0. The fourth-order valence-electron chi connectivity index (χ4n) is 0.777. The summed E-state index contributed by atoms with van der Waals surface area (Å²) in [5.74, 6) is -1.25. The summed E-state index contributed by atoms with van der Waals surface area (Å²) < 4.78 is 4.56. The highest BCUT2D eigenvalue weighted by molar-refractivity contribution is 5.69. The first-order valence-corrected chi connectivity index (χ1v) is 4.15. The molecular weight excluding hydrogens is 190 g/mol. The van der Waals surface area contributed by atoms with Gasteiger partial charge in [0.05, 0.1) is 6.61 Å². The number of carboxylic acids is 1. The zero-order valence-corrected chi connectivity index (χ0v) is 8.07. The van der Waals surface area contributed by atoms with Gasteiger partial charge in [-0.25, -0.2) is 0 Å². The van der Waals surface area contributed by atoms with Gasteiger partial charge in [-0.2, -0.15) is 0 Å². The first-order valence-electron chi connectivity index (χ1n) is 4.15. The second-order valence-corrected chi connectivity index (χ2v) is 2.54. The number of aliphatic carboxylic acids is 1. The fraction of sp³-hybridized carbons (Fsp3) is 0.750. The van der Waals surface area contributed by atoms with E-state index >= 15 is 0 Å². The molecule has 0 aromatic heterocycles. The maximum atomic E-state index is 10.8. The van der Waals surface area contributed by atoms with Gasteiger partial charge in [0.1, 0.15) is 6.61 Å². The van der Waals surface area contributed by atoms with Crippen LogP contribution in [-0.2, 0) is 14.3 Å². The molecule has 0 bridgehead atoms. The molecular formula is C8H17NO5. The molecule has 0 aliphatic carbocycles. The van der Waals surface area contributed by atoms with Crippen molar-refractivity contribution in [3.8, 4) is 0 Å². The minimum Gasteiger partial charge on any atom is -0.481 e. The average molecular weight is 207 g/mol. The quantitative estimate of drug-likeness (QED) is 0.409. The van der Waals surface area contributed by atoms with Gasteiger partial charge >= 0.3 is 11.9 Å². The molecule has 0 saturated heterocycles. The standard InChI is InChI=1S/C8H14O5.H3N/c9-5-6-13-8(12)4-2-1-3-7(10)11;/h9H,1-6H2,(H,10,11);1H3. The van der Waals surface area contributed by atoms with Crippen molar-refractivity contribution >= 4 is 11.9 Å². The highest BCUT2D eigenvalue weighted by atomic mass is 16.5. The highest BCUT2D eigenvalue weighted by Crippen LogP contribution is 2.00. The first kappa shape index (κ1) is 15.3. The Balaban J connectivity index is 0. The molecule has 6 heteroatoms. The number of carbonyl (C=O) groups is 2. The lowest BCUT2D eigenvalue weighted by atomic mass is 10.2. The van der Waals surface area contributed by atoms with Gasteiger partial charge in [0.2, 0.25) is 0 Å². The second kappa shape index (κ2) is 9.94. The van der Waals surface area contributed by atoms with Gasteiger partial charge in [-0.15, -0.1) is 0 Å². The van der Waals surface area contributed by atoms with Crippen LogP contribution in [0.1, 0.15) is 25.7 Å². The van der Waals surface area contributed by atoms with E-state index in [1.807, 2.05) is 0 Å². The third-order valence-corrected chi connectivity index (χ3v) is 1.38. The lowest BCUT2D eigenvalue weighted by molar-refractivity contribution is -0.145. The van der Waals surface area contributed by atoms with E-state index in [9.17, 15) is 9.59 Å². The summed E-state index contributed by atoms with van der Waals surface area (Å²) in [4.78, 5) is 20.8. The van der Waals surface area contributed by atoms with Crippen molar-refractivity contribution in [3.05, 3.63) is 0 Å². The summed E-state index contributed by atoms with van der Waals surface area (Å²) in [5.41, 5.74) is 0. The summed E-state index contributed by atoms with van der Waals surface area (Å²) in [6.07, 6.45) is 1.28. The van der Waals surface area contributed by atoms with Gasteiger partial charge in [-0.3, -0.25) is 9.59 Å². The van der Waals surface area contributed by atoms with Crippen LogP contribution >= 0.6 is 0 Å². The van der Waals surface area contributed by atoms with Crippen LogP contribution in [0.3, 0.4) is 0 Å². The Hall–Kier alpha value is -1.14. The summed E-state index contributed by atoms with van der Waals surface area (Å²) in [6.45, 7) is -0.168. The smallest absolute Gasteiger partial charge is 0.305 e. The number of carboxylic acid groups (broad SMARTS) is 1. The Kier molecular flexibility index (Phi) is 10.9. The van der Waals surface area contributed by atoms with Crippen LogP contribution in [0.25, 0.3) is 0 Å². The number of esters is 1. The van der Waals surface area contributed by atoms with E-state index < -0.39 is 5.97 Å². The number of rotatable bonds is 7. The molecule has 0 aliphatic rings. The van der Waals surface area contributed by atoms with E-state index in [-0.39, 0.29) is 38.2 Å². The van der Waals surface area contributed by atoms with Crippen LogP contribution in [0.5, 0.6) is 0 Å². The van der Waals surface area contributed by atoms with Gasteiger partial charge in [0.25, 0.3) is 0 Å². The second-order valence-electron chi connectivity index (χ2n) is 2.54. The number of aliphatic hydroxyl groups excluding tert-OH is 1. The molecule has 0 atom stereocenters. The Morgan fingerprint density at radius 1 is 1.14 bits per heavy atom. The predicted molar refractivity (Wildman–Crippen MR) is 49.2 cm³/mol. The van der Waals surface area contributed by atoms with Crippen LogP contribution in [0.4, 0.5) is 0 Å². The minimum atomic E-state index is -0.858. The monoisotopic (exact) mass is 207 g/mol. The molecule has 84 valence electrons. The number of ether oxygens (including phenoxy) is 1. The van der Waals surface area contributed by atoms with E-state index in [1.54, 1.807) is 0 Å². The highest BCUT2D eigenvalue weighted by Gasteiger charge is 2.03. The molecule has 0 heterocycles. The van der Waals surface area contributed by atoms with Crippen LogP contribution in [0.15, 0.2) is 0 Å². The van der Waals surface area contributed by atoms with Crippen molar-refractivity contribution in [2.24, 2.45) is 0 Å². The molecule has 0 aromatic rings. The summed E-state index contributed by atoms with van der Waals surface area (Å²) in [5, 5.41) is 16.6. The number of unbranched alkanes of at least 4 members (excludes halogenated alkanes) is 1. The van der Waals surface area contributed by atoms with Crippen molar-refractivity contribution in [1.29, 1.82) is 0 Å². The normalized spacial score (nSPS) is 8.93. The molecule has 0 radical (unpaired) electrons. The largest absolute Gasteiger partial charge is 0.481 e. The van der Waals surface area contributed by atoms with Crippen molar-refractivity contribution < 1.29 is 24.5 Å². The van der Waals surface area contributed by atoms with Crippen LogP contribution < -0.4 is 6.15 Å². The Bertz CT molecular complexity index is 171. The van der Waals surface area contributed by atoms with E-state index in [0.717, 1.165) is 0 Å². The van der Waals surface area contributed by atoms with E-state index in [4.69, 9.17) is 10.2 Å². The topological polar surface area (TPSA) is 119 Å². The zero-order valence-electron chi connectivity index (χ0n) is 8.07. The number of hydrogen-bond donors (Lipinski definition) is 3. The van der Waals surface area contributed by atoms with Gasteiger partial charge in [-0.05, 0) is 12.8 Å². The van der Waals surface area contributed by atoms with E-state index in [0.29, 0.717) is 12.8 Å². The van der Waals surface area contributed by atoms with Gasteiger partial charge in [0, 0.05) is 12.8 Å². The molecule has 0 aromatic carbocycles. The Labute approximate surface area is 82.5 Å². The Morgan fingerprint density at radius 3 is 2.21 bits per heavy atom. The van der Waals surface area contributed by atoms with Crippen LogP contribution in [-0.4, -0.2) is 35.4 Å². The number of aliphatic hydroxyl groups is 1. The lowest BCUT2D eigenvalue weighted by Crippen LogP contribution is -2.08. The maximum Gasteiger partial charge on any atom is 0.305 e. The molecule has 6 nitrogen and oxygen atoms in total. The Morgan fingerprint density at radius 2 is 1.71 bits per heavy atom. The van der Waals surface area contributed by atoms with Gasteiger partial charge in [0.15, 0.2) is 0 Å². The van der Waals surface area contributed by atoms with Crippen LogP contribution in [0, 0.1) is 0 Å². The molecule has 0 amide bonds. The van der Waals surface area contributed by atoms with Crippen molar-refractivity contribution in [2.45, 2.75) is 25.7 Å². The summed E-state index contributed by atoms with van der Waals surface area (Å²) in [7, 11) is 0. The molecule has 0 unspecified atom stereocenters. The zero-order chi connectivity index (χ0) is 10.1. The minimum absolute atomic E-state index is 0. The number of carbonyl (C=O) groups excluding carboxylic acids is 1. The molecule has 0 fully saturated rings. The molecule has 0 aliphatic heterocycles. The fourth-order valence-corrected chi connectivity index (χ4v) is 0.777. The molecule has 14 heavy (non-hydrogen) atoms. The van der Waals surface area contributed by atoms with E-state index in [1.165, 1.54) is 0 Å². The third-order valence-electron chi connectivity index (χ3n) is 1.38. The first-order chi connectivity index (χ1) is 6.16. The third kappa shape index (κ3) is 10.9. The van der Waals surface area contributed by atoms with E-state index in [2.05, 4.69) is 4.74 Å². The summed E-state index contributed by atoms with van der Waals surface area (Å²) in [6, 6.07) is 0. The molecule has 0 saturated carbocycles. The van der Waals surface area contributed by atoms with Crippen molar-refractivity contribution in [2.75, 3.05) is 13.2 Å². The van der Waals surface area contributed by atoms with Crippen molar-refractivity contribution in [1.82, 2.24) is 6.15 Å².